The van der Waals surface area contributed by atoms with E-state index in [2.05, 4.69) is 0 Å². The first-order valence-corrected chi connectivity index (χ1v) is 1.21. The second-order valence-electron chi connectivity index (χ2n) is 0. The van der Waals surface area contributed by atoms with Crippen LogP contribution in [0.15, 0.2) is 0 Å². The molecule has 0 aliphatic heterocycles. The van der Waals surface area contributed by atoms with E-state index in [0.717, 1.165) is 0 Å². The summed E-state index contributed by atoms with van der Waals surface area (Å²) in [7, 11) is 0. The van der Waals surface area contributed by atoms with Crippen molar-refractivity contribution in [2.24, 2.45) is 0 Å². The van der Waals surface area contributed by atoms with Gasteiger partial charge in [-0.25, -0.2) is 0 Å². The van der Waals surface area contributed by atoms with E-state index < -0.39 is 0 Å². The third-order valence-electron chi connectivity index (χ3n) is 0. The monoisotopic (exact) mass is 288 g/mol. The van der Waals surface area contributed by atoms with Crippen LogP contribution in [-0.2, 0) is 44.0 Å². The Morgan fingerprint density at radius 3 is 1.25 bits per heavy atom. The maximum atomic E-state index is 8.34. The molecule has 1 nitrogen and oxygen atoms in total. The van der Waals surface area contributed by atoms with E-state index in [1.165, 1.54) is 0 Å². The molecule has 0 bridgehead atoms. The summed E-state index contributed by atoms with van der Waals surface area (Å²) in [5.74, 6) is 0. The van der Waals surface area contributed by atoms with Crippen LogP contribution in [-0.4, -0.2) is 23.9 Å². The predicted octanol–water partition coefficient (Wildman–Crippen LogP) is -1.58. The van der Waals surface area contributed by atoms with Crippen LogP contribution in [0, 0.1) is 0 Å². The fraction of sp³-hybridized carbons (Fsp3) is 0. The second kappa shape index (κ2) is 20.2. The fourth-order valence-corrected chi connectivity index (χ4v) is 0. The van der Waals surface area contributed by atoms with Crippen molar-refractivity contribution in [2.45, 2.75) is 0 Å². The van der Waals surface area contributed by atoms with Crippen LogP contribution in [0.25, 0.3) is 0 Å². The average Bonchev–Trinajstić information content (AvgIpc) is 1.00. The molecule has 0 aliphatic carbocycles. The Balaban J connectivity index is -0.00000000500. The van der Waals surface area contributed by atoms with Gasteiger partial charge in [0, 0.05) is 16.5 Å². The predicted molar refractivity (Wildman–Crippen MR) is 12.0 cm³/mol. The number of hydrogen-bond donors (Lipinski definition) is 0. The van der Waals surface area contributed by atoms with Gasteiger partial charge in [0.25, 0.3) is 0 Å². The molecule has 0 unspecified atom stereocenters. The quantitative estimate of drug-likeness (QED) is 0.492. The molecular formula is H4NiOSnZr. The normalized spacial score (nSPS) is 0.750. The molecule has 0 aromatic rings. The van der Waals surface area contributed by atoms with Crippen LogP contribution >= 0.6 is 0 Å². The van der Waals surface area contributed by atoms with Gasteiger partial charge in [-0.2, -0.15) is 0 Å². The maximum absolute atomic E-state index is 8.34. The van der Waals surface area contributed by atoms with E-state index in [0.29, 0.717) is 24.7 Å². The molecule has 4 heavy (non-hydrogen) atoms. The second-order valence-corrected chi connectivity index (χ2v) is 0. The summed E-state index contributed by atoms with van der Waals surface area (Å²) in [6.07, 6.45) is 0. The van der Waals surface area contributed by atoms with Crippen LogP contribution in [0.5, 0.6) is 0 Å². The average molecular weight is 289 g/mol. The molecule has 0 saturated heterocycles. The molecule has 0 aliphatic rings. The van der Waals surface area contributed by atoms with Gasteiger partial charge in [0.15, 0.2) is 0 Å². The van der Waals surface area contributed by atoms with Crippen molar-refractivity contribution < 1.29 is 44.0 Å². The summed E-state index contributed by atoms with van der Waals surface area (Å²) in [6.45, 7) is 0. The van der Waals surface area contributed by atoms with Crippen LogP contribution in [0.1, 0.15) is 0 Å². The van der Waals surface area contributed by atoms with Gasteiger partial charge in [0.2, 0.25) is 0 Å². The Bertz CT molecular complexity index is 8.00. The first-order valence-electron chi connectivity index (χ1n) is 0.204. The molecule has 0 saturated carbocycles. The van der Waals surface area contributed by atoms with Gasteiger partial charge in [-0.05, 0) is 0 Å². The summed E-state index contributed by atoms with van der Waals surface area (Å²) >= 11 is 0.300. The van der Waals surface area contributed by atoms with Crippen molar-refractivity contribution in [2.75, 3.05) is 0 Å². The molecule has 0 spiro atoms. The summed E-state index contributed by atoms with van der Waals surface area (Å²) in [6, 6.07) is 0. The van der Waals surface area contributed by atoms with Crippen molar-refractivity contribution in [1.82, 2.24) is 0 Å². The van der Waals surface area contributed by atoms with Crippen molar-refractivity contribution in [3.63, 3.8) is 0 Å². The molecule has 0 atom stereocenters. The van der Waals surface area contributed by atoms with Gasteiger partial charge < -0.3 is 0 Å². The Kier molecular flexibility index (Phi) is 84.2. The minimum absolute atomic E-state index is 0. The Morgan fingerprint density at radius 2 is 1.25 bits per heavy atom. The van der Waals surface area contributed by atoms with E-state index >= 15 is 0 Å². The van der Waals surface area contributed by atoms with Gasteiger partial charge in [-0.15, -0.1) is 0 Å². The molecule has 0 radical (unpaired) electrons. The molecule has 0 aromatic heterocycles. The van der Waals surface area contributed by atoms with E-state index in [1.807, 2.05) is 0 Å². The van der Waals surface area contributed by atoms with E-state index in [4.69, 9.17) is 2.81 Å². The van der Waals surface area contributed by atoms with Crippen molar-refractivity contribution in [3.8, 4) is 0 Å². The summed E-state index contributed by atoms with van der Waals surface area (Å²) < 4.78 is 8.34. The van der Waals surface area contributed by atoms with Crippen LogP contribution < -0.4 is 0 Å². The third-order valence-corrected chi connectivity index (χ3v) is 0. The Hall–Kier alpha value is 1.98. The molecule has 0 amide bonds. The van der Waals surface area contributed by atoms with Gasteiger partial charge in [-0.3, -0.25) is 0 Å². The molecule has 28 valence electrons. The van der Waals surface area contributed by atoms with Crippen LogP contribution in [0.4, 0.5) is 0 Å². The Morgan fingerprint density at radius 1 is 1.25 bits per heavy atom. The Labute approximate surface area is 67.1 Å². The topological polar surface area (TPSA) is 17.1 Å². The van der Waals surface area contributed by atoms with E-state index in [1.54, 1.807) is 0 Å². The molecule has 0 fully saturated rings. The minimum atomic E-state index is 0. The first kappa shape index (κ1) is 16.7. The zero-order chi connectivity index (χ0) is 2.00. The van der Waals surface area contributed by atoms with Gasteiger partial charge in [0.05, 0.1) is 0 Å². The summed E-state index contributed by atoms with van der Waals surface area (Å²) in [5.41, 5.74) is 0. The van der Waals surface area contributed by atoms with Crippen molar-refractivity contribution in [3.05, 3.63) is 0 Å². The van der Waals surface area contributed by atoms with E-state index in [9.17, 15) is 0 Å². The van der Waals surface area contributed by atoms with Crippen LogP contribution in [0.3, 0.4) is 0 Å². The SMILES string of the molecule is [Ni].[O]=[Zr].[SnH4]. The molecule has 4 heteroatoms. The fourth-order valence-electron chi connectivity index (χ4n) is 0. The zero-order valence-electron chi connectivity index (χ0n) is 1.22. The van der Waals surface area contributed by atoms with Gasteiger partial charge >= 0.3 is 51.4 Å². The van der Waals surface area contributed by atoms with Gasteiger partial charge in [0.1, 0.15) is 0 Å². The van der Waals surface area contributed by atoms with Crippen molar-refractivity contribution >= 4 is 23.9 Å². The zero-order valence-corrected chi connectivity index (χ0v) is 4.67. The number of hydrogen-bond acceptors (Lipinski definition) is 1. The molecule has 0 N–H and O–H groups in total. The van der Waals surface area contributed by atoms with Gasteiger partial charge in [-0.1, -0.05) is 0 Å². The molecule has 0 heterocycles. The number of rotatable bonds is 0. The van der Waals surface area contributed by atoms with E-state index in [-0.39, 0.29) is 40.4 Å². The third kappa shape index (κ3) is 9.02. The molecular weight excluding hydrogens is 285 g/mol. The van der Waals surface area contributed by atoms with Crippen LogP contribution in [0.2, 0.25) is 0 Å². The summed E-state index contributed by atoms with van der Waals surface area (Å²) in [4.78, 5) is 0. The van der Waals surface area contributed by atoms with Crippen molar-refractivity contribution in [1.29, 1.82) is 0 Å². The standard InChI is InChI=1S/Ni.O.Sn.Zr.4H. The molecule has 0 aromatic carbocycles. The summed E-state index contributed by atoms with van der Waals surface area (Å²) in [5, 5.41) is 0. The molecule has 0 rings (SSSR count). The first-order chi connectivity index (χ1) is 1.00.